The highest BCUT2D eigenvalue weighted by Gasteiger charge is 2.43. The van der Waals surface area contributed by atoms with E-state index in [0.29, 0.717) is 12.1 Å². The SMILES string of the molecule is Cc1cc2c(c([N+](=O)[O-])c1)N[C@H](C(=O)O)[C@@H]1CC=C[C@H]21. The van der Waals surface area contributed by atoms with Crippen molar-refractivity contribution in [1.82, 2.24) is 0 Å². The molecule has 1 aliphatic heterocycles. The van der Waals surface area contributed by atoms with Gasteiger partial charge in [0.1, 0.15) is 11.7 Å². The normalized spacial score (nSPS) is 26.6. The first-order valence-electron chi connectivity index (χ1n) is 6.44. The molecular formula is C14H14N2O4. The average molecular weight is 274 g/mol. The first kappa shape index (κ1) is 12.7. The second-order valence-electron chi connectivity index (χ2n) is 5.32. The topological polar surface area (TPSA) is 92.5 Å². The molecule has 0 saturated heterocycles. The summed E-state index contributed by atoms with van der Waals surface area (Å²) in [6.07, 6.45) is 4.59. The van der Waals surface area contributed by atoms with Crippen molar-refractivity contribution in [2.24, 2.45) is 5.92 Å². The zero-order valence-electron chi connectivity index (χ0n) is 10.9. The van der Waals surface area contributed by atoms with Gasteiger partial charge in [-0.3, -0.25) is 10.1 Å². The third kappa shape index (κ3) is 1.76. The summed E-state index contributed by atoms with van der Waals surface area (Å²) in [7, 11) is 0. The molecule has 0 aromatic heterocycles. The molecule has 20 heavy (non-hydrogen) atoms. The average Bonchev–Trinajstić information content (AvgIpc) is 2.85. The van der Waals surface area contributed by atoms with Crippen LogP contribution in [0.4, 0.5) is 11.4 Å². The number of anilines is 1. The van der Waals surface area contributed by atoms with Crippen molar-refractivity contribution < 1.29 is 14.8 Å². The monoisotopic (exact) mass is 274 g/mol. The Bertz CT molecular complexity index is 638. The van der Waals surface area contributed by atoms with Crippen LogP contribution in [-0.2, 0) is 4.79 Å². The number of carbonyl (C=O) groups is 1. The van der Waals surface area contributed by atoms with Gasteiger partial charge in [0.25, 0.3) is 5.69 Å². The van der Waals surface area contributed by atoms with E-state index in [1.165, 1.54) is 6.07 Å². The first-order chi connectivity index (χ1) is 9.49. The Labute approximate surface area is 115 Å². The summed E-state index contributed by atoms with van der Waals surface area (Å²) in [5, 5.41) is 23.4. The number of fused-ring (bicyclic) bond motifs is 3. The van der Waals surface area contributed by atoms with E-state index in [9.17, 15) is 20.0 Å². The molecule has 0 unspecified atom stereocenters. The number of allylic oxidation sites excluding steroid dienone is 2. The zero-order chi connectivity index (χ0) is 14.4. The Kier molecular flexibility index (Phi) is 2.74. The number of benzene rings is 1. The number of hydrogen-bond acceptors (Lipinski definition) is 4. The van der Waals surface area contributed by atoms with E-state index in [1.54, 1.807) is 0 Å². The standard InChI is InChI=1S/C14H14N2O4/c1-7-5-10-8-3-2-4-9(8)13(14(17)18)15-12(10)11(6-7)16(19)20/h2-3,5-6,8-9,13,15H,4H2,1H3,(H,17,18)/t8-,9+,13-/m0/s1. The molecule has 2 aliphatic rings. The highest BCUT2D eigenvalue weighted by molar-refractivity contribution is 5.83. The Morgan fingerprint density at radius 1 is 1.50 bits per heavy atom. The molecule has 0 bridgehead atoms. The van der Waals surface area contributed by atoms with Crippen molar-refractivity contribution in [3.63, 3.8) is 0 Å². The largest absolute Gasteiger partial charge is 0.480 e. The highest BCUT2D eigenvalue weighted by atomic mass is 16.6. The molecule has 1 heterocycles. The number of carboxylic acid groups (broad SMARTS) is 1. The molecule has 0 radical (unpaired) electrons. The Morgan fingerprint density at radius 3 is 2.90 bits per heavy atom. The molecule has 1 aromatic rings. The van der Waals surface area contributed by atoms with Gasteiger partial charge in [-0.15, -0.1) is 0 Å². The molecule has 1 aromatic carbocycles. The Morgan fingerprint density at radius 2 is 2.25 bits per heavy atom. The van der Waals surface area contributed by atoms with Crippen molar-refractivity contribution in [3.8, 4) is 0 Å². The second kappa shape index (κ2) is 4.33. The van der Waals surface area contributed by atoms with Gasteiger partial charge in [0, 0.05) is 17.9 Å². The molecule has 0 fully saturated rings. The van der Waals surface area contributed by atoms with Crippen molar-refractivity contribution in [2.45, 2.75) is 25.3 Å². The van der Waals surface area contributed by atoms with Crippen molar-refractivity contribution in [1.29, 1.82) is 0 Å². The lowest BCUT2D eigenvalue weighted by molar-refractivity contribution is -0.384. The number of nitro groups is 1. The van der Waals surface area contributed by atoms with Crippen LogP contribution in [0.1, 0.15) is 23.5 Å². The number of rotatable bonds is 2. The second-order valence-corrected chi connectivity index (χ2v) is 5.32. The molecule has 2 N–H and O–H groups in total. The van der Waals surface area contributed by atoms with Crippen LogP contribution < -0.4 is 5.32 Å². The van der Waals surface area contributed by atoms with Gasteiger partial charge in [-0.25, -0.2) is 4.79 Å². The first-order valence-corrected chi connectivity index (χ1v) is 6.44. The van der Waals surface area contributed by atoms with Gasteiger partial charge in [-0.1, -0.05) is 18.2 Å². The summed E-state index contributed by atoms with van der Waals surface area (Å²) >= 11 is 0. The van der Waals surface area contributed by atoms with Crippen LogP contribution in [0.25, 0.3) is 0 Å². The summed E-state index contributed by atoms with van der Waals surface area (Å²) in [5.41, 5.74) is 1.93. The third-order valence-corrected chi connectivity index (χ3v) is 4.06. The maximum absolute atomic E-state index is 11.4. The molecule has 0 amide bonds. The van der Waals surface area contributed by atoms with Crippen molar-refractivity contribution >= 4 is 17.3 Å². The summed E-state index contributed by atoms with van der Waals surface area (Å²) < 4.78 is 0. The Hall–Kier alpha value is -2.37. The van der Waals surface area contributed by atoms with E-state index in [1.807, 2.05) is 25.1 Å². The molecule has 1 aliphatic carbocycles. The maximum atomic E-state index is 11.4. The van der Waals surface area contributed by atoms with Crippen LogP contribution in [-0.4, -0.2) is 22.0 Å². The molecule has 3 rings (SSSR count). The van der Waals surface area contributed by atoms with E-state index in [0.717, 1.165) is 11.1 Å². The van der Waals surface area contributed by atoms with Gasteiger partial charge in [-0.2, -0.15) is 0 Å². The van der Waals surface area contributed by atoms with Crippen LogP contribution >= 0.6 is 0 Å². The predicted molar refractivity (Wildman–Crippen MR) is 72.9 cm³/mol. The number of aryl methyl sites for hydroxylation is 1. The lowest BCUT2D eigenvalue weighted by Crippen LogP contribution is -2.42. The lowest BCUT2D eigenvalue weighted by Gasteiger charge is -2.34. The van der Waals surface area contributed by atoms with Gasteiger partial charge in [-0.05, 0) is 24.5 Å². The predicted octanol–water partition coefficient (Wildman–Crippen LogP) is 2.44. The minimum Gasteiger partial charge on any atom is -0.480 e. The highest BCUT2D eigenvalue weighted by Crippen LogP contribution is 2.47. The smallest absolute Gasteiger partial charge is 0.326 e. The fourth-order valence-electron chi connectivity index (χ4n) is 3.22. The van der Waals surface area contributed by atoms with Crippen molar-refractivity contribution in [3.05, 3.63) is 45.5 Å². The lowest BCUT2D eigenvalue weighted by atomic mass is 9.78. The van der Waals surface area contributed by atoms with Crippen LogP contribution in [0, 0.1) is 23.0 Å². The van der Waals surface area contributed by atoms with Crippen LogP contribution in [0.2, 0.25) is 0 Å². The molecular weight excluding hydrogens is 260 g/mol. The molecule has 6 nitrogen and oxygen atoms in total. The van der Waals surface area contributed by atoms with Gasteiger partial charge in [0.05, 0.1) is 4.92 Å². The summed E-state index contributed by atoms with van der Waals surface area (Å²) in [5.74, 6) is -1.11. The van der Waals surface area contributed by atoms with E-state index in [4.69, 9.17) is 0 Å². The van der Waals surface area contributed by atoms with Crippen molar-refractivity contribution in [2.75, 3.05) is 5.32 Å². The van der Waals surface area contributed by atoms with Gasteiger partial charge < -0.3 is 10.4 Å². The van der Waals surface area contributed by atoms with Crippen LogP contribution in [0.15, 0.2) is 24.3 Å². The summed E-state index contributed by atoms with van der Waals surface area (Å²) in [6.45, 7) is 1.81. The molecule has 0 saturated carbocycles. The van der Waals surface area contributed by atoms with Gasteiger partial charge in [0.15, 0.2) is 0 Å². The molecule has 104 valence electrons. The quantitative estimate of drug-likeness (QED) is 0.491. The van der Waals surface area contributed by atoms with Gasteiger partial charge in [0.2, 0.25) is 0 Å². The Balaban J connectivity index is 2.19. The fourth-order valence-corrected chi connectivity index (χ4v) is 3.22. The minimum atomic E-state index is -0.968. The van der Waals surface area contributed by atoms with Crippen LogP contribution in [0.5, 0.6) is 0 Å². The molecule has 0 spiro atoms. The summed E-state index contributed by atoms with van der Waals surface area (Å²) in [6, 6.07) is 2.59. The number of nitro benzene ring substituents is 1. The van der Waals surface area contributed by atoms with E-state index in [-0.39, 0.29) is 17.5 Å². The minimum absolute atomic E-state index is 0.0509. The zero-order valence-corrected chi connectivity index (χ0v) is 10.9. The number of carboxylic acids is 1. The number of hydrogen-bond donors (Lipinski definition) is 2. The maximum Gasteiger partial charge on any atom is 0.326 e. The number of aliphatic carboxylic acids is 1. The number of nitrogens with zero attached hydrogens (tertiary/aromatic N) is 1. The van der Waals surface area contributed by atoms with E-state index >= 15 is 0 Å². The molecule has 6 heteroatoms. The summed E-state index contributed by atoms with van der Waals surface area (Å²) in [4.78, 5) is 22.1. The third-order valence-electron chi connectivity index (χ3n) is 4.06. The number of nitrogens with one attached hydrogen (secondary N) is 1. The molecule has 3 atom stereocenters. The van der Waals surface area contributed by atoms with Crippen LogP contribution in [0.3, 0.4) is 0 Å². The van der Waals surface area contributed by atoms with Gasteiger partial charge >= 0.3 is 5.97 Å². The fraction of sp³-hybridized carbons (Fsp3) is 0.357. The van der Waals surface area contributed by atoms with E-state index < -0.39 is 16.9 Å². The van der Waals surface area contributed by atoms with E-state index in [2.05, 4.69) is 5.32 Å².